The average Bonchev–Trinajstić information content (AvgIpc) is 3.34. The summed E-state index contributed by atoms with van der Waals surface area (Å²) in [5, 5.41) is 4.50. The highest BCUT2D eigenvalue weighted by molar-refractivity contribution is 5.76. The third-order valence-corrected chi connectivity index (χ3v) is 5.71. The van der Waals surface area contributed by atoms with Crippen molar-refractivity contribution < 1.29 is 4.79 Å². The van der Waals surface area contributed by atoms with Crippen LogP contribution in [0, 0.1) is 0 Å². The fraction of sp³-hybridized carbons (Fsp3) is 0.550. The highest BCUT2D eigenvalue weighted by atomic mass is 16.2. The summed E-state index contributed by atoms with van der Waals surface area (Å²) in [5.74, 6) is 0.148. The van der Waals surface area contributed by atoms with Gasteiger partial charge in [-0.05, 0) is 31.0 Å². The lowest BCUT2D eigenvalue weighted by atomic mass is 10.1. The van der Waals surface area contributed by atoms with Crippen molar-refractivity contribution in [3.63, 3.8) is 0 Å². The summed E-state index contributed by atoms with van der Waals surface area (Å²) < 4.78 is 2.07. The molecule has 0 N–H and O–H groups in total. The minimum absolute atomic E-state index is 0.119. The third-order valence-electron chi connectivity index (χ3n) is 5.71. The fourth-order valence-electron chi connectivity index (χ4n) is 4.30. The number of amides is 1. The van der Waals surface area contributed by atoms with Crippen molar-refractivity contribution in [2.45, 2.75) is 57.3 Å². The van der Waals surface area contributed by atoms with Crippen LogP contribution in [0.4, 0.5) is 0 Å². The van der Waals surface area contributed by atoms with E-state index < -0.39 is 0 Å². The normalized spacial score (nSPS) is 20.9. The smallest absolute Gasteiger partial charge is 0.224 e. The van der Waals surface area contributed by atoms with E-state index in [-0.39, 0.29) is 11.9 Å². The van der Waals surface area contributed by atoms with E-state index >= 15 is 0 Å². The van der Waals surface area contributed by atoms with Crippen LogP contribution in [0.25, 0.3) is 0 Å². The van der Waals surface area contributed by atoms with Crippen molar-refractivity contribution in [2.75, 3.05) is 13.6 Å². The molecule has 6 nitrogen and oxygen atoms in total. The molecule has 2 aromatic rings. The number of fused-ring (bicyclic) bond motifs is 1. The summed E-state index contributed by atoms with van der Waals surface area (Å²) in [6.07, 6.45) is 9.35. The van der Waals surface area contributed by atoms with E-state index in [0.717, 1.165) is 18.8 Å². The topological polar surface area (TPSA) is 54.3 Å². The molecule has 26 heavy (non-hydrogen) atoms. The molecule has 1 aliphatic heterocycles. The maximum absolute atomic E-state index is 12.8. The zero-order chi connectivity index (χ0) is 17.9. The van der Waals surface area contributed by atoms with Gasteiger partial charge in [0.25, 0.3) is 0 Å². The molecule has 0 unspecified atom stereocenters. The first-order valence-corrected chi connectivity index (χ1v) is 9.61. The Morgan fingerprint density at radius 1 is 1.23 bits per heavy atom. The van der Waals surface area contributed by atoms with Gasteiger partial charge in [0.05, 0.1) is 30.4 Å². The summed E-state index contributed by atoms with van der Waals surface area (Å²) in [5.41, 5.74) is 2.15. The van der Waals surface area contributed by atoms with Crippen molar-refractivity contribution in [3.8, 4) is 0 Å². The quantitative estimate of drug-likeness (QED) is 0.829. The number of carbonyl (C=O) groups excluding carboxylic acids is 1. The van der Waals surface area contributed by atoms with Crippen LogP contribution in [-0.2, 0) is 17.9 Å². The lowest BCUT2D eigenvalue weighted by Gasteiger charge is -2.37. The molecule has 3 heterocycles. The van der Waals surface area contributed by atoms with Crippen LogP contribution in [0.5, 0.6) is 0 Å². The van der Waals surface area contributed by atoms with Gasteiger partial charge >= 0.3 is 0 Å². The van der Waals surface area contributed by atoms with E-state index in [4.69, 9.17) is 0 Å². The maximum Gasteiger partial charge on any atom is 0.224 e. The molecule has 0 aromatic carbocycles. The molecule has 0 spiro atoms. The molecule has 1 atom stereocenters. The number of rotatable bonds is 5. The molecule has 4 rings (SSSR count). The van der Waals surface area contributed by atoms with Crippen molar-refractivity contribution in [2.24, 2.45) is 0 Å². The van der Waals surface area contributed by atoms with Gasteiger partial charge in [0, 0.05) is 38.6 Å². The first-order valence-electron chi connectivity index (χ1n) is 9.61. The standard InChI is InChI=1S/C20H27N5O/c1-23(13-16-6-4-5-10-21-16)20(26)12-19-15-24(17-7-2-3-8-17)14-18-9-11-22-25(18)19/h4-6,9-11,17,19H,2-3,7-8,12-15H2,1H3/t19-/m1/s1. The minimum Gasteiger partial charge on any atom is -0.340 e. The van der Waals surface area contributed by atoms with Gasteiger partial charge in [-0.25, -0.2) is 0 Å². The third kappa shape index (κ3) is 3.65. The van der Waals surface area contributed by atoms with Gasteiger partial charge in [-0.1, -0.05) is 18.9 Å². The summed E-state index contributed by atoms with van der Waals surface area (Å²) >= 11 is 0. The molecule has 2 aromatic heterocycles. The van der Waals surface area contributed by atoms with E-state index in [2.05, 4.69) is 25.7 Å². The molecule has 1 saturated carbocycles. The Morgan fingerprint density at radius 3 is 2.85 bits per heavy atom. The molecule has 1 aliphatic carbocycles. The molecule has 1 fully saturated rings. The number of pyridine rings is 1. The van der Waals surface area contributed by atoms with Crippen molar-refractivity contribution in [1.29, 1.82) is 0 Å². The lowest BCUT2D eigenvalue weighted by Crippen LogP contribution is -2.44. The zero-order valence-electron chi connectivity index (χ0n) is 15.4. The van der Waals surface area contributed by atoms with Gasteiger partial charge in [0.1, 0.15) is 0 Å². The zero-order valence-corrected chi connectivity index (χ0v) is 15.4. The van der Waals surface area contributed by atoms with Gasteiger partial charge in [0.2, 0.25) is 5.91 Å². The van der Waals surface area contributed by atoms with Crippen LogP contribution in [0.3, 0.4) is 0 Å². The number of hydrogen-bond donors (Lipinski definition) is 0. The second-order valence-electron chi connectivity index (χ2n) is 7.56. The Hall–Kier alpha value is -2.21. The molecular formula is C20H27N5O. The fourth-order valence-corrected chi connectivity index (χ4v) is 4.30. The summed E-state index contributed by atoms with van der Waals surface area (Å²) in [6, 6.07) is 8.69. The molecular weight excluding hydrogens is 326 g/mol. The number of hydrogen-bond acceptors (Lipinski definition) is 4. The number of aromatic nitrogens is 3. The predicted octanol–water partition coefficient (Wildman–Crippen LogP) is 2.63. The molecule has 138 valence electrons. The Kier molecular flexibility index (Phi) is 5.02. The van der Waals surface area contributed by atoms with Crippen LogP contribution in [0.2, 0.25) is 0 Å². The summed E-state index contributed by atoms with van der Waals surface area (Å²) in [4.78, 5) is 21.5. The maximum atomic E-state index is 12.8. The van der Waals surface area contributed by atoms with Crippen molar-refractivity contribution >= 4 is 5.91 Å². The van der Waals surface area contributed by atoms with E-state index in [1.54, 1.807) is 11.1 Å². The van der Waals surface area contributed by atoms with Crippen molar-refractivity contribution in [3.05, 3.63) is 48.0 Å². The molecule has 0 saturated heterocycles. The molecule has 1 amide bonds. The SMILES string of the molecule is CN(Cc1ccccn1)C(=O)C[C@@H]1CN(C2CCCC2)Cc2ccnn21. The van der Waals surface area contributed by atoms with Gasteiger partial charge in [-0.15, -0.1) is 0 Å². The number of nitrogens with zero attached hydrogens (tertiary/aromatic N) is 5. The summed E-state index contributed by atoms with van der Waals surface area (Å²) in [6.45, 7) is 2.42. The predicted molar refractivity (Wildman–Crippen MR) is 99.3 cm³/mol. The van der Waals surface area contributed by atoms with Gasteiger partial charge in [0.15, 0.2) is 0 Å². The Labute approximate surface area is 154 Å². The van der Waals surface area contributed by atoms with Crippen LogP contribution in [0.1, 0.15) is 49.5 Å². The van der Waals surface area contributed by atoms with Crippen LogP contribution < -0.4 is 0 Å². The van der Waals surface area contributed by atoms with Gasteiger partial charge in [-0.2, -0.15) is 5.10 Å². The second kappa shape index (κ2) is 7.58. The molecule has 0 radical (unpaired) electrons. The second-order valence-corrected chi connectivity index (χ2v) is 7.56. The Balaban J connectivity index is 1.43. The first-order chi connectivity index (χ1) is 12.7. The molecule has 2 aliphatic rings. The average molecular weight is 353 g/mol. The largest absolute Gasteiger partial charge is 0.340 e. The highest BCUT2D eigenvalue weighted by Gasteiger charge is 2.32. The van der Waals surface area contributed by atoms with Crippen molar-refractivity contribution in [1.82, 2.24) is 24.6 Å². The number of carbonyl (C=O) groups is 1. The van der Waals surface area contributed by atoms with Crippen LogP contribution in [0.15, 0.2) is 36.7 Å². The van der Waals surface area contributed by atoms with Gasteiger partial charge < -0.3 is 4.90 Å². The van der Waals surface area contributed by atoms with E-state index in [1.165, 1.54) is 31.4 Å². The van der Waals surface area contributed by atoms with E-state index in [1.807, 2.05) is 31.4 Å². The van der Waals surface area contributed by atoms with Crippen LogP contribution in [-0.4, -0.2) is 50.1 Å². The van der Waals surface area contributed by atoms with Gasteiger partial charge in [-0.3, -0.25) is 19.4 Å². The monoisotopic (exact) mass is 353 g/mol. The Bertz CT molecular complexity index is 738. The first kappa shape index (κ1) is 17.2. The van der Waals surface area contributed by atoms with E-state index in [9.17, 15) is 4.79 Å². The summed E-state index contributed by atoms with van der Waals surface area (Å²) in [7, 11) is 1.86. The molecule has 0 bridgehead atoms. The minimum atomic E-state index is 0.119. The van der Waals surface area contributed by atoms with Crippen LogP contribution >= 0.6 is 0 Å². The lowest BCUT2D eigenvalue weighted by molar-refractivity contribution is -0.131. The highest BCUT2D eigenvalue weighted by Crippen LogP contribution is 2.31. The molecule has 6 heteroatoms. The Morgan fingerprint density at radius 2 is 2.08 bits per heavy atom. The van der Waals surface area contributed by atoms with E-state index in [0.29, 0.717) is 19.0 Å².